The van der Waals surface area contributed by atoms with E-state index in [1.165, 1.54) is 18.2 Å². The van der Waals surface area contributed by atoms with Gasteiger partial charge < -0.3 is 9.84 Å². The Morgan fingerprint density at radius 2 is 2.14 bits per heavy atom. The van der Waals surface area contributed by atoms with Gasteiger partial charge in [0, 0.05) is 16.6 Å². The van der Waals surface area contributed by atoms with Crippen LogP contribution in [-0.4, -0.2) is 27.2 Å². The van der Waals surface area contributed by atoms with Gasteiger partial charge in [0.15, 0.2) is 0 Å². The number of rotatable bonds is 5. The highest BCUT2D eigenvalue weighted by molar-refractivity contribution is 9.10. The van der Waals surface area contributed by atoms with Crippen LogP contribution in [0.2, 0.25) is 0 Å². The zero-order valence-electron chi connectivity index (χ0n) is 15.8. The summed E-state index contributed by atoms with van der Waals surface area (Å²) in [6.07, 6.45) is 3.57. The van der Waals surface area contributed by atoms with Crippen molar-refractivity contribution in [1.29, 1.82) is 0 Å². The minimum absolute atomic E-state index is 0.111. The predicted octanol–water partition coefficient (Wildman–Crippen LogP) is 4.59. The topological polar surface area (TPSA) is 81.4 Å². The average Bonchev–Trinajstić information content (AvgIpc) is 3.10. The number of nitrogens with zero attached hydrogens (tertiary/aromatic N) is 2. The number of carboxylic acids is 1. The third-order valence-electron chi connectivity index (χ3n) is 4.86. The third-order valence-corrected chi connectivity index (χ3v) is 5.35. The van der Waals surface area contributed by atoms with Crippen molar-refractivity contribution >= 4 is 44.5 Å². The van der Waals surface area contributed by atoms with E-state index >= 15 is 0 Å². The van der Waals surface area contributed by atoms with Gasteiger partial charge in [0.05, 0.1) is 23.1 Å². The number of fused-ring (bicyclic) bond motifs is 2. The molecule has 4 rings (SSSR count). The Kier molecular flexibility index (Phi) is 5.24. The molecule has 1 aliphatic rings. The quantitative estimate of drug-likeness (QED) is 0.609. The van der Waals surface area contributed by atoms with Gasteiger partial charge in [-0.1, -0.05) is 22.9 Å². The van der Waals surface area contributed by atoms with E-state index in [1.54, 1.807) is 4.57 Å². The number of hydrogen-bond acceptors (Lipinski definition) is 4. The standard InChI is InChI=1S/C22H19BrN2O4/c1-2-9-29-19-6-4-16(23)11-15(19)10-13-7-8-25-20(13)24-18-12-14(22(27)28)3-5-17(18)21(25)26/h3-6,10-12H,2,7-9H2,1H3,(H,27,28)/b13-10+. The van der Waals surface area contributed by atoms with Gasteiger partial charge in [-0.3, -0.25) is 9.36 Å². The molecule has 0 fully saturated rings. The maximum Gasteiger partial charge on any atom is 0.335 e. The smallest absolute Gasteiger partial charge is 0.335 e. The van der Waals surface area contributed by atoms with E-state index in [-0.39, 0.29) is 11.1 Å². The number of aromatic carboxylic acids is 1. The van der Waals surface area contributed by atoms with Crippen LogP contribution >= 0.6 is 15.9 Å². The van der Waals surface area contributed by atoms with E-state index in [1.807, 2.05) is 24.3 Å². The Labute approximate surface area is 175 Å². The van der Waals surface area contributed by atoms with Crippen LogP contribution in [0.15, 0.2) is 45.7 Å². The number of ether oxygens (including phenoxy) is 1. The molecule has 29 heavy (non-hydrogen) atoms. The van der Waals surface area contributed by atoms with E-state index in [0.29, 0.717) is 36.3 Å². The van der Waals surface area contributed by atoms with Gasteiger partial charge in [0.1, 0.15) is 11.6 Å². The molecule has 1 aromatic heterocycles. The van der Waals surface area contributed by atoms with Gasteiger partial charge in [0.25, 0.3) is 5.56 Å². The summed E-state index contributed by atoms with van der Waals surface area (Å²) >= 11 is 3.50. The first kappa shape index (κ1) is 19.4. The molecule has 0 amide bonds. The van der Waals surface area contributed by atoms with Crippen molar-refractivity contribution in [2.45, 2.75) is 26.3 Å². The number of hydrogen-bond donors (Lipinski definition) is 1. The van der Waals surface area contributed by atoms with Crippen LogP contribution in [-0.2, 0) is 6.54 Å². The monoisotopic (exact) mass is 454 g/mol. The van der Waals surface area contributed by atoms with Crippen molar-refractivity contribution < 1.29 is 14.6 Å². The second-order valence-corrected chi connectivity index (χ2v) is 7.80. The van der Waals surface area contributed by atoms with Gasteiger partial charge in [-0.2, -0.15) is 0 Å². The summed E-state index contributed by atoms with van der Waals surface area (Å²) < 4.78 is 8.44. The summed E-state index contributed by atoms with van der Waals surface area (Å²) in [5, 5.41) is 9.67. The molecule has 1 aliphatic heterocycles. The fraction of sp³-hybridized carbons (Fsp3) is 0.227. The first-order valence-electron chi connectivity index (χ1n) is 9.39. The van der Waals surface area contributed by atoms with Crippen LogP contribution in [0.1, 0.15) is 41.5 Å². The van der Waals surface area contributed by atoms with Crippen molar-refractivity contribution in [2.75, 3.05) is 6.61 Å². The Balaban J connectivity index is 1.84. The molecule has 3 aromatic rings. The lowest BCUT2D eigenvalue weighted by Crippen LogP contribution is -2.21. The fourth-order valence-electron chi connectivity index (χ4n) is 3.45. The Hall–Kier alpha value is -2.93. The van der Waals surface area contributed by atoms with Gasteiger partial charge in [-0.15, -0.1) is 0 Å². The van der Waals surface area contributed by atoms with Gasteiger partial charge in [-0.05, 0) is 60.9 Å². The summed E-state index contributed by atoms with van der Waals surface area (Å²) in [5.74, 6) is 0.306. The van der Waals surface area contributed by atoms with Crippen molar-refractivity contribution in [1.82, 2.24) is 9.55 Å². The molecular weight excluding hydrogens is 436 g/mol. The molecule has 0 atom stereocenters. The van der Waals surface area contributed by atoms with Crippen molar-refractivity contribution in [2.24, 2.45) is 0 Å². The molecule has 2 aromatic carbocycles. The zero-order chi connectivity index (χ0) is 20.5. The minimum Gasteiger partial charge on any atom is -0.493 e. The average molecular weight is 455 g/mol. The molecule has 0 radical (unpaired) electrons. The number of halogens is 1. The first-order valence-corrected chi connectivity index (χ1v) is 10.2. The van der Waals surface area contributed by atoms with Crippen LogP contribution in [0.5, 0.6) is 5.75 Å². The van der Waals surface area contributed by atoms with Crippen molar-refractivity contribution in [3.63, 3.8) is 0 Å². The second kappa shape index (κ2) is 7.83. The van der Waals surface area contributed by atoms with Gasteiger partial charge >= 0.3 is 5.97 Å². The van der Waals surface area contributed by atoms with Crippen LogP contribution in [0.3, 0.4) is 0 Å². The highest BCUT2D eigenvalue weighted by Crippen LogP contribution is 2.32. The summed E-state index contributed by atoms with van der Waals surface area (Å²) in [6, 6.07) is 10.2. The lowest BCUT2D eigenvalue weighted by Gasteiger charge is -2.10. The molecule has 6 nitrogen and oxygen atoms in total. The van der Waals surface area contributed by atoms with Gasteiger partial charge in [-0.25, -0.2) is 9.78 Å². The molecule has 0 saturated carbocycles. The van der Waals surface area contributed by atoms with E-state index in [4.69, 9.17) is 4.74 Å². The maximum absolute atomic E-state index is 12.9. The van der Waals surface area contributed by atoms with Crippen LogP contribution in [0, 0.1) is 0 Å². The Morgan fingerprint density at radius 1 is 1.31 bits per heavy atom. The molecule has 7 heteroatoms. The molecule has 1 N–H and O–H groups in total. The third kappa shape index (κ3) is 3.70. The number of allylic oxidation sites excluding steroid dienone is 1. The Morgan fingerprint density at radius 3 is 2.90 bits per heavy atom. The second-order valence-electron chi connectivity index (χ2n) is 6.88. The van der Waals surface area contributed by atoms with Crippen LogP contribution in [0.25, 0.3) is 22.6 Å². The zero-order valence-corrected chi connectivity index (χ0v) is 17.4. The summed E-state index contributed by atoms with van der Waals surface area (Å²) in [6.45, 7) is 3.22. The number of benzene rings is 2. The molecule has 0 unspecified atom stereocenters. The summed E-state index contributed by atoms with van der Waals surface area (Å²) in [5.41, 5.74) is 2.18. The van der Waals surface area contributed by atoms with E-state index < -0.39 is 5.97 Å². The summed E-state index contributed by atoms with van der Waals surface area (Å²) in [7, 11) is 0. The van der Waals surface area contributed by atoms with Crippen LogP contribution in [0.4, 0.5) is 0 Å². The largest absolute Gasteiger partial charge is 0.493 e. The summed E-state index contributed by atoms with van der Waals surface area (Å²) in [4.78, 5) is 28.8. The number of carboxylic acid groups (broad SMARTS) is 1. The van der Waals surface area contributed by atoms with Gasteiger partial charge in [0.2, 0.25) is 0 Å². The van der Waals surface area contributed by atoms with E-state index in [2.05, 4.69) is 27.8 Å². The van der Waals surface area contributed by atoms with E-state index in [9.17, 15) is 14.7 Å². The predicted molar refractivity (Wildman–Crippen MR) is 115 cm³/mol. The van der Waals surface area contributed by atoms with Crippen molar-refractivity contribution in [3.8, 4) is 5.75 Å². The molecular formula is C22H19BrN2O4. The molecule has 0 bridgehead atoms. The van der Waals surface area contributed by atoms with Crippen molar-refractivity contribution in [3.05, 3.63) is 68.2 Å². The molecule has 0 spiro atoms. The molecule has 0 aliphatic carbocycles. The minimum atomic E-state index is -1.04. The normalized spacial score (nSPS) is 14.3. The molecule has 148 valence electrons. The number of carbonyl (C=O) groups is 1. The number of aromatic nitrogens is 2. The van der Waals surface area contributed by atoms with E-state index in [0.717, 1.165) is 27.8 Å². The SMILES string of the molecule is CCCOc1ccc(Br)cc1/C=C1\CCn2c1nc1cc(C(=O)O)ccc1c2=O. The molecule has 0 saturated heterocycles. The lowest BCUT2D eigenvalue weighted by molar-refractivity contribution is 0.0697. The Bertz CT molecular complexity index is 1210. The highest BCUT2D eigenvalue weighted by atomic mass is 79.9. The fourth-order valence-corrected chi connectivity index (χ4v) is 3.83. The lowest BCUT2D eigenvalue weighted by atomic mass is 10.1. The highest BCUT2D eigenvalue weighted by Gasteiger charge is 2.22. The van der Waals surface area contributed by atoms with Crippen LogP contribution < -0.4 is 10.3 Å². The first-order chi connectivity index (χ1) is 14.0. The molecule has 2 heterocycles. The maximum atomic E-state index is 12.9.